The van der Waals surface area contributed by atoms with Crippen molar-refractivity contribution in [1.29, 1.82) is 0 Å². The first-order chi connectivity index (χ1) is 16.7. The van der Waals surface area contributed by atoms with E-state index in [4.69, 9.17) is 11.6 Å². The molecule has 35 heavy (non-hydrogen) atoms. The molecule has 2 aliphatic heterocycles. The second-order valence-corrected chi connectivity index (χ2v) is 13.3. The number of hydrogen-bond donors (Lipinski definition) is 1. The summed E-state index contributed by atoms with van der Waals surface area (Å²) < 4.78 is 54.4. The fourth-order valence-electron chi connectivity index (χ4n) is 4.50. The molecule has 1 N–H and O–H groups in total. The lowest BCUT2D eigenvalue weighted by atomic mass is 9.99. The maximum absolute atomic E-state index is 13.0. The Labute approximate surface area is 212 Å². The van der Waals surface area contributed by atoms with Gasteiger partial charge in [0.15, 0.2) is 0 Å². The maximum atomic E-state index is 13.0. The van der Waals surface area contributed by atoms with Crippen LogP contribution in [0.5, 0.6) is 0 Å². The number of nitrogens with zero attached hydrogens (tertiary/aromatic N) is 2. The van der Waals surface area contributed by atoms with Crippen molar-refractivity contribution in [3.05, 3.63) is 59.1 Å². The summed E-state index contributed by atoms with van der Waals surface area (Å²) in [6, 6.07) is 12.6. The fraction of sp³-hybridized carbons (Fsp3) is 0.458. The van der Waals surface area contributed by atoms with E-state index in [1.54, 1.807) is 24.3 Å². The number of benzene rings is 2. The molecule has 4 rings (SSSR count). The number of piperidine rings is 2. The van der Waals surface area contributed by atoms with Crippen LogP contribution in [0, 0.1) is 5.92 Å². The molecule has 0 spiro atoms. The van der Waals surface area contributed by atoms with Gasteiger partial charge < -0.3 is 5.32 Å². The fourth-order valence-corrected chi connectivity index (χ4v) is 7.66. The van der Waals surface area contributed by atoms with Crippen molar-refractivity contribution < 1.29 is 21.6 Å². The Bertz CT molecular complexity index is 1240. The van der Waals surface area contributed by atoms with Gasteiger partial charge in [0, 0.05) is 37.7 Å². The van der Waals surface area contributed by atoms with Crippen LogP contribution >= 0.6 is 11.6 Å². The number of carbonyl (C=O) groups is 1. The van der Waals surface area contributed by atoms with Crippen molar-refractivity contribution in [3.8, 4) is 0 Å². The van der Waals surface area contributed by atoms with E-state index in [0.717, 1.165) is 24.8 Å². The van der Waals surface area contributed by atoms with Gasteiger partial charge in [0.1, 0.15) is 0 Å². The minimum atomic E-state index is -3.71. The number of halogens is 1. The highest BCUT2D eigenvalue weighted by molar-refractivity contribution is 7.89. The lowest BCUT2D eigenvalue weighted by Crippen LogP contribution is -2.45. The number of rotatable bonds is 7. The van der Waals surface area contributed by atoms with E-state index < -0.39 is 26.0 Å². The molecule has 190 valence electrons. The van der Waals surface area contributed by atoms with Crippen molar-refractivity contribution in [2.75, 3.05) is 26.2 Å². The normalized spacial score (nSPS) is 20.4. The van der Waals surface area contributed by atoms with Crippen molar-refractivity contribution in [2.45, 2.75) is 48.4 Å². The van der Waals surface area contributed by atoms with E-state index in [0.29, 0.717) is 37.5 Å². The van der Waals surface area contributed by atoms with Gasteiger partial charge in [-0.3, -0.25) is 4.79 Å². The number of carbonyl (C=O) groups excluding carboxylic acids is 1. The molecule has 0 aliphatic carbocycles. The molecule has 2 fully saturated rings. The number of nitrogens with one attached hydrogen (secondary N) is 1. The van der Waals surface area contributed by atoms with Crippen molar-refractivity contribution in [2.24, 2.45) is 5.92 Å². The predicted molar refractivity (Wildman–Crippen MR) is 134 cm³/mol. The van der Waals surface area contributed by atoms with Gasteiger partial charge in [-0.15, -0.1) is 0 Å². The van der Waals surface area contributed by atoms with Crippen LogP contribution in [0.4, 0.5) is 0 Å². The number of amides is 1. The van der Waals surface area contributed by atoms with Crippen LogP contribution in [-0.2, 0) is 31.4 Å². The van der Waals surface area contributed by atoms with Crippen LogP contribution in [-0.4, -0.2) is 57.5 Å². The third-order valence-corrected chi connectivity index (χ3v) is 10.6. The largest absolute Gasteiger partial charge is 0.352 e. The molecule has 0 saturated carbocycles. The molecule has 2 aromatic carbocycles. The van der Waals surface area contributed by atoms with Gasteiger partial charge in [0.25, 0.3) is 0 Å². The highest BCUT2D eigenvalue weighted by atomic mass is 35.5. The lowest BCUT2D eigenvalue weighted by Gasteiger charge is -2.31. The van der Waals surface area contributed by atoms with Crippen molar-refractivity contribution in [3.63, 3.8) is 0 Å². The lowest BCUT2D eigenvalue weighted by molar-refractivity contribution is -0.126. The first kappa shape index (κ1) is 26.1. The van der Waals surface area contributed by atoms with Gasteiger partial charge in [-0.05, 0) is 67.6 Å². The zero-order chi connectivity index (χ0) is 25.1. The molecule has 1 unspecified atom stereocenters. The van der Waals surface area contributed by atoms with Gasteiger partial charge in [-0.1, -0.05) is 30.2 Å². The van der Waals surface area contributed by atoms with Gasteiger partial charge in [-0.2, -0.15) is 8.61 Å². The SMILES string of the molecule is O=C(NCc1ccc(S(=O)(=O)N2CCCCC2)cc1)C1CCCN(S(=O)(=O)c2ccc(Cl)cc2)C1. The van der Waals surface area contributed by atoms with Gasteiger partial charge >= 0.3 is 0 Å². The second kappa shape index (κ2) is 11.0. The molecule has 0 aromatic heterocycles. The molecule has 2 heterocycles. The smallest absolute Gasteiger partial charge is 0.243 e. The minimum Gasteiger partial charge on any atom is -0.352 e. The van der Waals surface area contributed by atoms with E-state index >= 15 is 0 Å². The predicted octanol–water partition coefficient (Wildman–Crippen LogP) is 3.23. The Morgan fingerprint density at radius 1 is 0.800 bits per heavy atom. The first-order valence-electron chi connectivity index (χ1n) is 11.8. The van der Waals surface area contributed by atoms with Crippen LogP contribution in [0.1, 0.15) is 37.7 Å². The zero-order valence-corrected chi connectivity index (χ0v) is 21.8. The third-order valence-electron chi connectivity index (χ3n) is 6.55. The molecule has 2 aliphatic rings. The number of sulfonamides is 2. The summed E-state index contributed by atoms with van der Waals surface area (Å²) >= 11 is 5.87. The van der Waals surface area contributed by atoms with Crippen molar-refractivity contribution in [1.82, 2.24) is 13.9 Å². The second-order valence-electron chi connectivity index (χ2n) is 8.98. The van der Waals surface area contributed by atoms with Crippen LogP contribution in [0.3, 0.4) is 0 Å². The molecular formula is C24H30ClN3O5S2. The average molecular weight is 540 g/mol. The summed E-state index contributed by atoms with van der Waals surface area (Å²) in [5, 5.41) is 3.33. The van der Waals surface area contributed by atoms with E-state index in [1.807, 2.05) is 0 Å². The Morgan fingerprint density at radius 3 is 1.97 bits per heavy atom. The molecule has 0 bridgehead atoms. The van der Waals surface area contributed by atoms with Crippen LogP contribution in [0.15, 0.2) is 58.3 Å². The minimum absolute atomic E-state index is 0.115. The van der Waals surface area contributed by atoms with Gasteiger partial charge in [0.05, 0.1) is 15.7 Å². The van der Waals surface area contributed by atoms with E-state index in [-0.39, 0.29) is 28.8 Å². The standard InChI is InChI=1S/C24H30ClN3O5S2/c25-21-8-12-23(13-9-21)35(32,33)28-16-4-5-20(18-28)24(29)26-17-19-6-10-22(11-7-19)34(30,31)27-14-2-1-3-15-27/h6-13,20H,1-5,14-18H2,(H,26,29). The number of hydrogen-bond acceptors (Lipinski definition) is 5. The summed E-state index contributed by atoms with van der Waals surface area (Å²) in [6.45, 7) is 1.81. The van der Waals surface area contributed by atoms with Crippen LogP contribution < -0.4 is 5.32 Å². The molecule has 1 atom stereocenters. The van der Waals surface area contributed by atoms with Crippen LogP contribution in [0.25, 0.3) is 0 Å². The molecule has 0 radical (unpaired) electrons. The quantitative estimate of drug-likeness (QED) is 0.582. The topological polar surface area (TPSA) is 104 Å². The summed E-state index contributed by atoms with van der Waals surface area (Å²) in [7, 11) is -7.20. The molecular weight excluding hydrogens is 510 g/mol. The zero-order valence-electron chi connectivity index (χ0n) is 19.4. The summed E-state index contributed by atoms with van der Waals surface area (Å²) in [5.41, 5.74) is 0.775. The summed E-state index contributed by atoms with van der Waals surface area (Å²) in [5.74, 6) is -0.671. The highest BCUT2D eigenvalue weighted by Crippen LogP contribution is 2.25. The van der Waals surface area contributed by atoms with Crippen molar-refractivity contribution >= 4 is 37.6 Å². The molecule has 2 saturated heterocycles. The Balaban J connectivity index is 1.34. The Kier molecular flexibility index (Phi) is 8.17. The monoisotopic (exact) mass is 539 g/mol. The van der Waals surface area contributed by atoms with Crippen LogP contribution in [0.2, 0.25) is 5.02 Å². The summed E-state index contributed by atoms with van der Waals surface area (Å²) in [6.07, 6.45) is 4.00. The van der Waals surface area contributed by atoms with Gasteiger partial charge in [0.2, 0.25) is 26.0 Å². The Morgan fingerprint density at radius 2 is 1.34 bits per heavy atom. The van der Waals surface area contributed by atoms with E-state index in [2.05, 4.69) is 5.32 Å². The average Bonchev–Trinajstić information content (AvgIpc) is 2.88. The Hall–Kier alpha value is -1.98. The maximum Gasteiger partial charge on any atom is 0.243 e. The molecule has 1 amide bonds. The summed E-state index contributed by atoms with van der Waals surface area (Å²) in [4.78, 5) is 13.2. The van der Waals surface area contributed by atoms with E-state index in [9.17, 15) is 21.6 Å². The van der Waals surface area contributed by atoms with E-state index in [1.165, 1.54) is 32.9 Å². The third kappa shape index (κ3) is 6.06. The molecule has 11 heteroatoms. The first-order valence-corrected chi connectivity index (χ1v) is 15.1. The highest BCUT2D eigenvalue weighted by Gasteiger charge is 2.33. The molecule has 8 nitrogen and oxygen atoms in total. The van der Waals surface area contributed by atoms with Gasteiger partial charge in [-0.25, -0.2) is 16.8 Å². The molecule has 2 aromatic rings.